The first-order valence-corrected chi connectivity index (χ1v) is 3.79. The lowest BCUT2D eigenvalue weighted by Crippen LogP contribution is -1.91. The van der Waals surface area contributed by atoms with Gasteiger partial charge in [0.1, 0.15) is 0 Å². The molecule has 0 atom stereocenters. The highest BCUT2D eigenvalue weighted by molar-refractivity contribution is 7.75. The number of hydrogen-bond acceptors (Lipinski definition) is 4. The summed E-state index contributed by atoms with van der Waals surface area (Å²) in [4.78, 5) is 0. The second-order valence-electron chi connectivity index (χ2n) is 1.18. The summed E-state index contributed by atoms with van der Waals surface area (Å²) in [7, 11) is -0.783. The van der Waals surface area contributed by atoms with Crippen LogP contribution >= 0.6 is 0 Å². The first-order valence-electron chi connectivity index (χ1n) is 2.54. The van der Waals surface area contributed by atoms with Gasteiger partial charge in [0.15, 0.2) is 10.7 Å². The lowest BCUT2D eigenvalue weighted by molar-refractivity contribution is 0.135. The van der Waals surface area contributed by atoms with Gasteiger partial charge in [-0.15, -0.1) is 0 Å². The van der Waals surface area contributed by atoms with Crippen LogP contribution in [-0.2, 0) is 15.4 Å². The number of aliphatic hydroxyl groups excluding tert-OH is 1. The molecular formula is C5H12O4S. The van der Waals surface area contributed by atoms with Crippen LogP contribution in [0, 0.1) is 0 Å². The number of hydrogen-bond donors (Lipinski definition) is 2. The SMILES string of the molecule is C=C[SH](=O)=O.COCCO. The zero-order chi connectivity index (χ0) is 8.41. The van der Waals surface area contributed by atoms with Crippen molar-refractivity contribution in [2.24, 2.45) is 0 Å². The Hall–Kier alpha value is -0.390. The molecule has 0 aromatic carbocycles. The number of thiol groups is 1. The molecule has 0 aromatic heterocycles. The van der Waals surface area contributed by atoms with Gasteiger partial charge in [-0.3, -0.25) is 0 Å². The lowest BCUT2D eigenvalue weighted by Gasteiger charge is -1.84. The van der Waals surface area contributed by atoms with E-state index in [1.165, 1.54) is 0 Å². The van der Waals surface area contributed by atoms with Gasteiger partial charge in [0.05, 0.1) is 13.2 Å². The molecule has 1 N–H and O–H groups in total. The van der Waals surface area contributed by atoms with Crippen molar-refractivity contribution in [1.29, 1.82) is 0 Å². The Labute approximate surface area is 62.1 Å². The smallest absolute Gasteiger partial charge is 0.160 e. The maximum atomic E-state index is 9.29. The molecule has 4 nitrogen and oxygen atoms in total. The van der Waals surface area contributed by atoms with Crippen molar-refractivity contribution in [2.75, 3.05) is 20.3 Å². The van der Waals surface area contributed by atoms with Crippen molar-refractivity contribution >= 4 is 10.7 Å². The summed E-state index contributed by atoms with van der Waals surface area (Å²) >= 11 is 0. The molecule has 0 spiro atoms. The van der Waals surface area contributed by atoms with Gasteiger partial charge in [-0.25, -0.2) is 8.42 Å². The fraction of sp³-hybridized carbons (Fsp3) is 0.600. The molecule has 0 saturated carbocycles. The first kappa shape index (κ1) is 12.3. The summed E-state index contributed by atoms with van der Waals surface area (Å²) in [6, 6.07) is 0. The Bertz CT molecular complexity index is 120. The summed E-state index contributed by atoms with van der Waals surface area (Å²) in [5.41, 5.74) is 0. The Morgan fingerprint density at radius 3 is 2.10 bits per heavy atom. The third kappa shape index (κ3) is 25.5. The van der Waals surface area contributed by atoms with Crippen LogP contribution in [0.4, 0.5) is 0 Å². The summed E-state index contributed by atoms with van der Waals surface area (Å²) in [5, 5.41) is 8.81. The summed E-state index contributed by atoms with van der Waals surface area (Å²) in [5.74, 6) is 0. The predicted molar refractivity (Wildman–Crippen MR) is 39.5 cm³/mol. The number of rotatable bonds is 3. The van der Waals surface area contributed by atoms with Gasteiger partial charge in [-0.2, -0.15) is 0 Å². The van der Waals surface area contributed by atoms with Gasteiger partial charge >= 0.3 is 0 Å². The minimum Gasteiger partial charge on any atom is -0.394 e. The standard InChI is InChI=1S/C3H8O2.C2H4O2S/c1-5-3-2-4;1-2-5(3)4/h4H,2-3H2,1H3;2,5H,1H2. The molecule has 0 rings (SSSR count). The maximum absolute atomic E-state index is 9.29. The van der Waals surface area contributed by atoms with E-state index in [2.05, 4.69) is 11.3 Å². The van der Waals surface area contributed by atoms with Crippen molar-refractivity contribution < 1.29 is 18.3 Å². The van der Waals surface area contributed by atoms with Gasteiger partial charge in [-0.1, -0.05) is 6.58 Å². The minimum absolute atomic E-state index is 0.122. The van der Waals surface area contributed by atoms with Crippen LogP contribution < -0.4 is 0 Å². The van der Waals surface area contributed by atoms with Crippen LogP contribution in [0.25, 0.3) is 0 Å². The van der Waals surface area contributed by atoms with Crippen LogP contribution in [0.15, 0.2) is 12.0 Å². The molecule has 10 heavy (non-hydrogen) atoms. The Kier molecular flexibility index (Phi) is 14.0. The fourth-order valence-electron chi connectivity index (χ4n) is 0.0913. The molecule has 5 heteroatoms. The van der Waals surface area contributed by atoms with Crippen LogP contribution in [0.3, 0.4) is 0 Å². The summed E-state index contributed by atoms with van der Waals surface area (Å²) in [6.45, 7) is 3.53. The molecule has 0 radical (unpaired) electrons. The molecule has 0 heterocycles. The quantitative estimate of drug-likeness (QED) is 0.550. The Morgan fingerprint density at radius 1 is 1.70 bits per heavy atom. The van der Waals surface area contributed by atoms with Crippen molar-refractivity contribution in [1.82, 2.24) is 0 Å². The van der Waals surface area contributed by atoms with Crippen LogP contribution in [0.5, 0.6) is 0 Å². The number of ether oxygens (including phenoxy) is 1. The Balaban J connectivity index is 0. The topological polar surface area (TPSA) is 63.6 Å². The van der Waals surface area contributed by atoms with Crippen LogP contribution in [0.1, 0.15) is 0 Å². The van der Waals surface area contributed by atoms with Gasteiger partial charge in [0.25, 0.3) is 0 Å². The van der Waals surface area contributed by atoms with E-state index in [0.717, 1.165) is 5.41 Å². The molecule has 0 aromatic rings. The molecule has 62 valence electrons. The van der Waals surface area contributed by atoms with E-state index >= 15 is 0 Å². The van der Waals surface area contributed by atoms with Crippen LogP contribution in [-0.4, -0.2) is 33.8 Å². The van der Waals surface area contributed by atoms with Gasteiger partial charge in [0, 0.05) is 12.5 Å². The Morgan fingerprint density at radius 2 is 2.10 bits per heavy atom. The molecule has 0 aliphatic carbocycles. The van der Waals surface area contributed by atoms with Gasteiger partial charge in [-0.05, 0) is 0 Å². The molecular weight excluding hydrogens is 156 g/mol. The number of aliphatic hydroxyl groups is 1. The summed E-state index contributed by atoms with van der Waals surface area (Å²) in [6.07, 6.45) is 0. The first-order chi connectivity index (χ1) is 4.68. The zero-order valence-electron chi connectivity index (χ0n) is 5.82. The molecule has 0 saturated heterocycles. The van der Waals surface area contributed by atoms with Crippen LogP contribution in [0.2, 0.25) is 0 Å². The lowest BCUT2D eigenvalue weighted by atomic mass is 10.8. The van der Waals surface area contributed by atoms with Crippen molar-refractivity contribution in [3.63, 3.8) is 0 Å². The molecule has 0 amide bonds. The summed E-state index contributed by atoms with van der Waals surface area (Å²) < 4.78 is 23.0. The molecule has 0 fully saturated rings. The minimum atomic E-state index is -2.33. The highest BCUT2D eigenvalue weighted by Crippen LogP contribution is 1.56. The molecule has 0 aliphatic rings. The molecule has 0 bridgehead atoms. The largest absolute Gasteiger partial charge is 0.394 e. The molecule has 0 aliphatic heterocycles. The highest BCUT2D eigenvalue weighted by Gasteiger charge is 1.67. The fourth-order valence-corrected chi connectivity index (χ4v) is 0.0913. The van der Waals surface area contributed by atoms with Crippen molar-refractivity contribution in [3.05, 3.63) is 12.0 Å². The zero-order valence-corrected chi connectivity index (χ0v) is 6.71. The van der Waals surface area contributed by atoms with Gasteiger partial charge in [0.2, 0.25) is 0 Å². The van der Waals surface area contributed by atoms with Crippen molar-refractivity contribution in [3.8, 4) is 0 Å². The van der Waals surface area contributed by atoms with E-state index < -0.39 is 10.7 Å². The second-order valence-corrected chi connectivity index (χ2v) is 2.12. The van der Waals surface area contributed by atoms with Gasteiger partial charge < -0.3 is 9.84 Å². The average molecular weight is 168 g/mol. The third-order valence-electron chi connectivity index (χ3n) is 0.444. The highest BCUT2D eigenvalue weighted by atomic mass is 32.2. The molecule has 0 unspecified atom stereocenters. The third-order valence-corrected chi connectivity index (χ3v) is 0.743. The number of methoxy groups -OCH3 is 1. The monoisotopic (exact) mass is 168 g/mol. The van der Waals surface area contributed by atoms with E-state index in [-0.39, 0.29) is 6.61 Å². The van der Waals surface area contributed by atoms with E-state index in [9.17, 15) is 8.42 Å². The van der Waals surface area contributed by atoms with Crippen molar-refractivity contribution in [2.45, 2.75) is 0 Å². The average Bonchev–Trinajstić information content (AvgIpc) is 1.91. The van der Waals surface area contributed by atoms with E-state index in [1.807, 2.05) is 0 Å². The normalized spacial score (nSPS) is 8.30. The van der Waals surface area contributed by atoms with E-state index in [4.69, 9.17) is 5.11 Å². The predicted octanol–water partition coefficient (Wildman–Crippen LogP) is -0.634. The second kappa shape index (κ2) is 11.4. The maximum Gasteiger partial charge on any atom is 0.160 e. The van der Waals surface area contributed by atoms with E-state index in [1.54, 1.807) is 7.11 Å². The van der Waals surface area contributed by atoms with E-state index in [0.29, 0.717) is 6.61 Å².